The first-order valence-corrected chi connectivity index (χ1v) is 8.40. The molecule has 1 N–H and O–H groups in total. The van der Waals surface area contributed by atoms with Gasteiger partial charge in [0.1, 0.15) is 0 Å². The molecule has 1 aliphatic rings. The monoisotopic (exact) mass is 268 g/mol. The van der Waals surface area contributed by atoms with Crippen LogP contribution in [-0.4, -0.2) is 36.6 Å². The summed E-state index contributed by atoms with van der Waals surface area (Å²) in [6.45, 7) is 13.2. The molecule has 2 heteroatoms. The van der Waals surface area contributed by atoms with Crippen molar-refractivity contribution >= 4 is 0 Å². The largest absolute Gasteiger partial charge is 0.315 e. The van der Waals surface area contributed by atoms with Crippen molar-refractivity contribution in [3.05, 3.63) is 0 Å². The fourth-order valence-electron chi connectivity index (χ4n) is 3.84. The van der Waals surface area contributed by atoms with Gasteiger partial charge in [-0.3, -0.25) is 4.90 Å². The van der Waals surface area contributed by atoms with Crippen LogP contribution in [-0.2, 0) is 0 Å². The molecule has 0 radical (unpaired) electrons. The summed E-state index contributed by atoms with van der Waals surface area (Å²) in [6, 6.07) is 2.06. The van der Waals surface area contributed by atoms with Crippen LogP contribution in [0.1, 0.15) is 73.1 Å². The van der Waals surface area contributed by atoms with Crippen molar-refractivity contribution < 1.29 is 0 Å². The lowest BCUT2D eigenvalue weighted by Gasteiger charge is -2.50. The molecule has 0 aromatic rings. The highest BCUT2D eigenvalue weighted by atomic mass is 15.2. The molecule has 0 saturated heterocycles. The Labute approximate surface area is 121 Å². The molecule has 0 aromatic heterocycles. The van der Waals surface area contributed by atoms with Crippen molar-refractivity contribution in [2.24, 2.45) is 5.41 Å². The minimum atomic E-state index is 0.426. The molecule has 1 aliphatic carbocycles. The third-order valence-corrected chi connectivity index (χ3v) is 5.21. The highest BCUT2D eigenvalue weighted by Crippen LogP contribution is 2.38. The van der Waals surface area contributed by atoms with Gasteiger partial charge in [-0.1, -0.05) is 40.5 Å². The SMILES string of the molecule is CCCCN(C(C)CC)C1CCCC(C)(C)C1NC. The van der Waals surface area contributed by atoms with Crippen molar-refractivity contribution in [2.45, 2.75) is 91.3 Å². The molecular weight excluding hydrogens is 232 g/mol. The first kappa shape index (κ1) is 17.0. The third kappa shape index (κ3) is 4.19. The summed E-state index contributed by atoms with van der Waals surface area (Å²) in [5.74, 6) is 0. The fraction of sp³-hybridized carbons (Fsp3) is 1.00. The molecule has 3 unspecified atom stereocenters. The average molecular weight is 268 g/mol. The Morgan fingerprint density at radius 2 is 2.00 bits per heavy atom. The van der Waals surface area contributed by atoms with Crippen LogP contribution in [0.15, 0.2) is 0 Å². The summed E-state index contributed by atoms with van der Waals surface area (Å²) < 4.78 is 0. The molecule has 0 amide bonds. The number of nitrogens with one attached hydrogen (secondary N) is 1. The number of hydrogen-bond acceptors (Lipinski definition) is 2. The molecule has 0 heterocycles. The van der Waals surface area contributed by atoms with Crippen molar-refractivity contribution in [1.82, 2.24) is 10.2 Å². The van der Waals surface area contributed by atoms with Crippen molar-refractivity contribution in [2.75, 3.05) is 13.6 Å². The molecule has 0 bridgehead atoms. The zero-order valence-corrected chi connectivity index (χ0v) is 14.1. The Morgan fingerprint density at radius 3 is 2.53 bits per heavy atom. The van der Waals surface area contributed by atoms with Crippen LogP contribution in [0.5, 0.6) is 0 Å². The number of rotatable bonds is 7. The van der Waals surface area contributed by atoms with Crippen LogP contribution >= 0.6 is 0 Å². The van der Waals surface area contributed by atoms with E-state index in [0.29, 0.717) is 17.5 Å². The van der Waals surface area contributed by atoms with Gasteiger partial charge in [0.15, 0.2) is 0 Å². The number of nitrogens with zero attached hydrogens (tertiary/aromatic N) is 1. The van der Waals surface area contributed by atoms with Gasteiger partial charge in [-0.2, -0.15) is 0 Å². The molecule has 1 fully saturated rings. The maximum atomic E-state index is 3.64. The Hall–Kier alpha value is -0.0800. The summed E-state index contributed by atoms with van der Waals surface area (Å²) in [5.41, 5.74) is 0.426. The van der Waals surface area contributed by atoms with Crippen molar-refractivity contribution in [1.29, 1.82) is 0 Å². The van der Waals surface area contributed by atoms with Gasteiger partial charge in [-0.15, -0.1) is 0 Å². The van der Waals surface area contributed by atoms with Crippen LogP contribution in [0.3, 0.4) is 0 Å². The molecule has 0 aliphatic heterocycles. The molecule has 0 spiro atoms. The third-order valence-electron chi connectivity index (χ3n) is 5.21. The second-order valence-corrected chi connectivity index (χ2v) is 7.06. The normalized spacial score (nSPS) is 28.6. The zero-order chi connectivity index (χ0) is 14.5. The Kier molecular flexibility index (Phi) is 6.82. The van der Waals surface area contributed by atoms with Crippen LogP contribution in [0.2, 0.25) is 0 Å². The van der Waals surface area contributed by atoms with E-state index in [4.69, 9.17) is 0 Å². The topological polar surface area (TPSA) is 15.3 Å². The highest BCUT2D eigenvalue weighted by molar-refractivity contribution is 4.98. The van der Waals surface area contributed by atoms with E-state index >= 15 is 0 Å². The smallest absolute Gasteiger partial charge is 0.0271 e. The van der Waals surface area contributed by atoms with E-state index in [2.05, 4.69) is 51.9 Å². The summed E-state index contributed by atoms with van der Waals surface area (Å²) in [6.07, 6.45) is 8.00. The van der Waals surface area contributed by atoms with Crippen molar-refractivity contribution in [3.63, 3.8) is 0 Å². The molecule has 1 saturated carbocycles. The molecule has 0 aromatic carbocycles. The summed E-state index contributed by atoms with van der Waals surface area (Å²) in [7, 11) is 2.15. The average Bonchev–Trinajstić information content (AvgIpc) is 2.38. The van der Waals surface area contributed by atoms with Crippen LogP contribution in [0.4, 0.5) is 0 Å². The lowest BCUT2D eigenvalue weighted by Crippen LogP contribution is -2.59. The highest BCUT2D eigenvalue weighted by Gasteiger charge is 2.41. The lowest BCUT2D eigenvalue weighted by atomic mass is 9.70. The number of unbranched alkanes of at least 4 members (excludes halogenated alkanes) is 1. The van der Waals surface area contributed by atoms with E-state index in [-0.39, 0.29) is 0 Å². The van der Waals surface area contributed by atoms with E-state index in [1.54, 1.807) is 0 Å². The fourth-order valence-corrected chi connectivity index (χ4v) is 3.84. The first-order chi connectivity index (χ1) is 8.97. The number of likely N-dealkylation sites (N-methyl/N-ethyl adjacent to an activating group) is 1. The van der Waals surface area contributed by atoms with Gasteiger partial charge in [-0.25, -0.2) is 0 Å². The maximum Gasteiger partial charge on any atom is 0.0271 e. The predicted octanol–water partition coefficient (Wildman–Crippen LogP) is 4.05. The van der Waals surface area contributed by atoms with Gasteiger partial charge in [0.05, 0.1) is 0 Å². The van der Waals surface area contributed by atoms with Gasteiger partial charge in [-0.05, 0) is 51.6 Å². The van der Waals surface area contributed by atoms with E-state index in [9.17, 15) is 0 Å². The minimum absolute atomic E-state index is 0.426. The van der Waals surface area contributed by atoms with E-state index < -0.39 is 0 Å². The van der Waals surface area contributed by atoms with Gasteiger partial charge in [0.2, 0.25) is 0 Å². The van der Waals surface area contributed by atoms with E-state index in [1.807, 2.05) is 0 Å². The van der Waals surface area contributed by atoms with Gasteiger partial charge < -0.3 is 5.32 Å². The van der Waals surface area contributed by atoms with Gasteiger partial charge >= 0.3 is 0 Å². The Balaban J connectivity index is 2.85. The standard InChI is InChI=1S/C17H36N2/c1-7-9-13-19(14(3)8-2)15-11-10-12-17(4,5)16(15)18-6/h14-16,18H,7-13H2,1-6H3. The number of hydrogen-bond donors (Lipinski definition) is 1. The molecule has 2 nitrogen and oxygen atoms in total. The second-order valence-electron chi connectivity index (χ2n) is 7.06. The van der Waals surface area contributed by atoms with Crippen LogP contribution in [0, 0.1) is 5.41 Å². The summed E-state index contributed by atoms with van der Waals surface area (Å²) in [5, 5.41) is 3.64. The maximum absolute atomic E-state index is 3.64. The Morgan fingerprint density at radius 1 is 1.32 bits per heavy atom. The van der Waals surface area contributed by atoms with Crippen molar-refractivity contribution in [3.8, 4) is 0 Å². The molecule has 1 rings (SSSR count). The van der Waals surface area contributed by atoms with Gasteiger partial charge in [0.25, 0.3) is 0 Å². The summed E-state index contributed by atoms with van der Waals surface area (Å²) >= 11 is 0. The van der Waals surface area contributed by atoms with Gasteiger partial charge in [0, 0.05) is 18.1 Å². The second kappa shape index (κ2) is 7.64. The van der Waals surface area contributed by atoms with E-state index in [1.165, 1.54) is 45.1 Å². The zero-order valence-electron chi connectivity index (χ0n) is 14.1. The van der Waals surface area contributed by atoms with Crippen LogP contribution in [0.25, 0.3) is 0 Å². The van der Waals surface area contributed by atoms with E-state index in [0.717, 1.165) is 6.04 Å². The minimum Gasteiger partial charge on any atom is -0.315 e. The summed E-state index contributed by atoms with van der Waals surface area (Å²) in [4.78, 5) is 2.80. The quantitative estimate of drug-likeness (QED) is 0.749. The van der Waals surface area contributed by atoms with Crippen LogP contribution < -0.4 is 5.32 Å². The lowest BCUT2D eigenvalue weighted by molar-refractivity contribution is 0.0282. The first-order valence-electron chi connectivity index (χ1n) is 8.40. The predicted molar refractivity (Wildman–Crippen MR) is 85.6 cm³/mol. The molecule has 3 atom stereocenters. The molecular formula is C17H36N2. The molecule has 19 heavy (non-hydrogen) atoms. The molecule has 114 valence electrons. The Bertz CT molecular complexity index is 250.